The van der Waals surface area contributed by atoms with Gasteiger partial charge in [-0.05, 0) is 6.07 Å². The SMILES string of the molecule is CONC1CCOc2cc(F)ccc21. The molecule has 0 spiro atoms. The van der Waals surface area contributed by atoms with Crippen molar-refractivity contribution in [2.45, 2.75) is 12.5 Å². The van der Waals surface area contributed by atoms with Gasteiger partial charge in [0.1, 0.15) is 11.6 Å². The first-order valence-corrected chi connectivity index (χ1v) is 4.52. The molecule has 0 radical (unpaired) electrons. The molecule has 14 heavy (non-hydrogen) atoms. The fourth-order valence-electron chi connectivity index (χ4n) is 1.63. The van der Waals surface area contributed by atoms with Gasteiger partial charge in [0.05, 0.1) is 19.8 Å². The zero-order valence-corrected chi connectivity index (χ0v) is 7.92. The second kappa shape index (κ2) is 3.94. The van der Waals surface area contributed by atoms with Crippen LogP contribution in [0.3, 0.4) is 0 Å². The Morgan fingerprint density at radius 1 is 1.57 bits per heavy atom. The highest BCUT2D eigenvalue weighted by Gasteiger charge is 2.21. The summed E-state index contributed by atoms with van der Waals surface area (Å²) >= 11 is 0. The average molecular weight is 197 g/mol. The van der Waals surface area contributed by atoms with Crippen molar-refractivity contribution in [3.63, 3.8) is 0 Å². The molecule has 0 saturated heterocycles. The molecule has 1 aliphatic rings. The van der Waals surface area contributed by atoms with Crippen LogP contribution in [-0.4, -0.2) is 13.7 Å². The van der Waals surface area contributed by atoms with E-state index in [1.54, 1.807) is 13.2 Å². The fourth-order valence-corrected chi connectivity index (χ4v) is 1.63. The van der Waals surface area contributed by atoms with Crippen LogP contribution in [-0.2, 0) is 4.84 Å². The Morgan fingerprint density at radius 2 is 2.43 bits per heavy atom. The predicted molar refractivity (Wildman–Crippen MR) is 49.4 cm³/mol. The van der Waals surface area contributed by atoms with Crippen molar-refractivity contribution >= 4 is 0 Å². The van der Waals surface area contributed by atoms with Crippen molar-refractivity contribution in [3.8, 4) is 5.75 Å². The second-order valence-corrected chi connectivity index (χ2v) is 3.19. The second-order valence-electron chi connectivity index (χ2n) is 3.19. The highest BCUT2D eigenvalue weighted by Crippen LogP contribution is 2.32. The fraction of sp³-hybridized carbons (Fsp3) is 0.400. The lowest BCUT2D eigenvalue weighted by Gasteiger charge is -2.25. The lowest BCUT2D eigenvalue weighted by molar-refractivity contribution is 0.0462. The van der Waals surface area contributed by atoms with Crippen molar-refractivity contribution in [2.75, 3.05) is 13.7 Å². The largest absolute Gasteiger partial charge is 0.493 e. The molecular weight excluding hydrogens is 185 g/mol. The van der Waals surface area contributed by atoms with Gasteiger partial charge in [-0.25, -0.2) is 4.39 Å². The number of fused-ring (bicyclic) bond motifs is 1. The number of benzene rings is 1. The standard InChI is InChI=1S/C10H12FNO2/c1-13-12-9-4-5-14-10-6-7(11)2-3-8(9)10/h2-3,6,9,12H,4-5H2,1H3. The molecule has 4 heteroatoms. The Balaban J connectivity index is 2.30. The molecule has 1 aromatic carbocycles. The zero-order chi connectivity index (χ0) is 9.97. The number of rotatable bonds is 2. The van der Waals surface area contributed by atoms with Gasteiger partial charge < -0.3 is 9.57 Å². The summed E-state index contributed by atoms with van der Waals surface area (Å²) in [6, 6.07) is 4.64. The first-order chi connectivity index (χ1) is 6.81. The summed E-state index contributed by atoms with van der Waals surface area (Å²) in [5.74, 6) is 0.326. The van der Waals surface area contributed by atoms with Gasteiger partial charge in [0.15, 0.2) is 0 Å². The van der Waals surface area contributed by atoms with Crippen molar-refractivity contribution in [1.29, 1.82) is 0 Å². The molecule has 0 aromatic heterocycles. The first kappa shape index (κ1) is 9.43. The van der Waals surface area contributed by atoms with E-state index < -0.39 is 0 Å². The summed E-state index contributed by atoms with van der Waals surface area (Å²) in [5, 5.41) is 0. The van der Waals surface area contributed by atoms with Crippen LogP contribution in [0.15, 0.2) is 18.2 Å². The van der Waals surface area contributed by atoms with Crippen LogP contribution in [0.2, 0.25) is 0 Å². The highest BCUT2D eigenvalue weighted by atomic mass is 19.1. The van der Waals surface area contributed by atoms with E-state index in [-0.39, 0.29) is 11.9 Å². The molecule has 0 aliphatic carbocycles. The molecule has 1 unspecified atom stereocenters. The molecule has 3 nitrogen and oxygen atoms in total. The third-order valence-corrected chi connectivity index (χ3v) is 2.28. The van der Waals surface area contributed by atoms with Gasteiger partial charge in [-0.3, -0.25) is 0 Å². The third-order valence-electron chi connectivity index (χ3n) is 2.28. The Labute approximate surface area is 81.8 Å². The van der Waals surface area contributed by atoms with E-state index in [1.165, 1.54) is 12.1 Å². The number of hydrogen-bond donors (Lipinski definition) is 1. The van der Waals surface area contributed by atoms with Gasteiger partial charge in [0.2, 0.25) is 0 Å². The van der Waals surface area contributed by atoms with E-state index in [4.69, 9.17) is 9.57 Å². The molecule has 1 aliphatic heterocycles. The summed E-state index contributed by atoms with van der Waals surface area (Å²) in [7, 11) is 1.57. The highest BCUT2D eigenvalue weighted by molar-refractivity contribution is 5.37. The van der Waals surface area contributed by atoms with Crippen molar-refractivity contribution < 1.29 is 14.0 Å². The van der Waals surface area contributed by atoms with Gasteiger partial charge >= 0.3 is 0 Å². The lowest BCUT2D eigenvalue weighted by atomic mass is 10.0. The summed E-state index contributed by atoms with van der Waals surface area (Å²) < 4.78 is 18.2. The van der Waals surface area contributed by atoms with Crippen LogP contribution in [0.5, 0.6) is 5.75 Å². The van der Waals surface area contributed by atoms with Gasteiger partial charge in [0, 0.05) is 18.1 Å². The molecule has 0 amide bonds. The molecule has 76 valence electrons. The monoisotopic (exact) mass is 197 g/mol. The minimum atomic E-state index is -0.276. The summed E-state index contributed by atoms with van der Waals surface area (Å²) in [6.07, 6.45) is 0.826. The third kappa shape index (κ3) is 1.71. The number of nitrogens with one attached hydrogen (secondary N) is 1. The molecule has 2 rings (SSSR count). The summed E-state index contributed by atoms with van der Waals surface area (Å²) in [4.78, 5) is 4.87. The quantitative estimate of drug-likeness (QED) is 0.733. The van der Waals surface area contributed by atoms with Gasteiger partial charge in [-0.1, -0.05) is 6.07 Å². The Morgan fingerprint density at radius 3 is 3.21 bits per heavy atom. The van der Waals surface area contributed by atoms with E-state index in [1.807, 2.05) is 0 Å². The Bertz CT molecular complexity index is 330. The minimum Gasteiger partial charge on any atom is -0.493 e. The number of hydroxylamine groups is 1. The van der Waals surface area contributed by atoms with Crippen LogP contribution in [0.25, 0.3) is 0 Å². The average Bonchev–Trinajstić information content (AvgIpc) is 2.18. The molecule has 0 bridgehead atoms. The van der Waals surface area contributed by atoms with E-state index in [0.29, 0.717) is 12.4 Å². The van der Waals surface area contributed by atoms with Gasteiger partial charge in [-0.15, -0.1) is 0 Å². The molecule has 0 fully saturated rings. The van der Waals surface area contributed by atoms with E-state index >= 15 is 0 Å². The maximum absolute atomic E-state index is 12.9. The smallest absolute Gasteiger partial charge is 0.127 e. The van der Waals surface area contributed by atoms with Crippen molar-refractivity contribution in [2.24, 2.45) is 0 Å². The maximum atomic E-state index is 12.9. The molecule has 1 N–H and O–H groups in total. The number of halogens is 1. The van der Waals surface area contributed by atoms with E-state index in [9.17, 15) is 4.39 Å². The van der Waals surface area contributed by atoms with Gasteiger partial charge in [0.25, 0.3) is 0 Å². The van der Waals surface area contributed by atoms with Crippen LogP contribution < -0.4 is 10.2 Å². The summed E-state index contributed by atoms with van der Waals surface area (Å²) in [6.45, 7) is 0.581. The van der Waals surface area contributed by atoms with Crippen molar-refractivity contribution in [3.05, 3.63) is 29.6 Å². The van der Waals surface area contributed by atoms with Crippen molar-refractivity contribution in [1.82, 2.24) is 5.48 Å². The Kier molecular flexibility index (Phi) is 2.65. The lowest BCUT2D eigenvalue weighted by Crippen LogP contribution is -2.26. The normalized spacial score (nSPS) is 20.0. The zero-order valence-electron chi connectivity index (χ0n) is 7.92. The summed E-state index contributed by atoms with van der Waals surface area (Å²) in [5.41, 5.74) is 3.80. The van der Waals surface area contributed by atoms with Crippen LogP contribution in [0.4, 0.5) is 4.39 Å². The van der Waals surface area contributed by atoms with E-state index in [2.05, 4.69) is 5.48 Å². The first-order valence-electron chi connectivity index (χ1n) is 4.52. The van der Waals surface area contributed by atoms with E-state index in [0.717, 1.165) is 12.0 Å². The predicted octanol–water partition coefficient (Wildman–Crippen LogP) is 1.80. The van der Waals surface area contributed by atoms with Gasteiger partial charge in [-0.2, -0.15) is 5.48 Å². The molecular formula is C10H12FNO2. The van der Waals surface area contributed by atoms with Crippen LogP contribution in [0, 0.1) is 5.82 Å². The maximum Gasteiger partial charge on any atom is 0.127 e. The number of hydrogen-bond acceptors (Lipinski definition) is 3. The number of ether oxygens (including phenoxy) is 1. The van der Waals surface area contributed by atoms with Crippen LogP contribution in [0.1, 0.15) is 18.0 Å². The topological polar surface area (TPSA) is 30.5 Å². The molecule has 1 aromatic rings. The molecule has 0 saturated carbocycles. The molecule has 1 heterocycles. The minimum absolute atomic E-state index is 0.0874. The van der Waals surface area contributed by atoms with Crippen LogP contribution >= 0.6 is 0 Å². The molecule has 1 atom stereocenters. The Hall–Kier alpha value is -1.13.